The van der Waals surface area contributed by atoms with Crippen LogP contribution < -0.4 is 5.32 Å². The number of nitrogens with one attached hydrogen (secondary N) is 1. The van der Waals surface area contributed by atoms with Gasteiger partial charge in [0.25, 0.3) is 0 Å². The molecular formula is C18H22N2O. The topological polar surface area (TPSA) is 28.4 Å². The molecule has 0 bridgehead atoms. The Hall–Kier alpha value is -1.58. The van der Waals surface area contributed by atoms with E-state index in [2.05, 4.69) is 40.5 Å². The highest BCUT2D eigenvalue weighted by atomic mass is 16.3. The minimum Gasteiger partial charge on any atom is -0.468 e. The average Bonchev–Trinajstić information content (AvgIpc) is 3.25. The molecule has 2 heterocycles. The Balaban J connectivity index is 1.41. The first-order chi connectivity index (χ1) is 10.4. The Morgan fingerprint density at radius 2 is 2.00 bits per heavy atom. The van der Waals surface area contributed by atoms with Gasteiger partial charge in [0.2, 0.25) is 0 Å². The lowest BCUT2D eigenvalue weighted by Gasteiger charge is -2.28. The number of nitrogens with zero attached hydrogens (tertiary/aromatic N) is 1. The summed E-state index contributed by atoms with van der Waals surface area (Å²) < 4.78 is 5.73. The predicted molar refractivity (Wildman–Crippen MR) is 82.8 cm³/mol. The maximum absolute atomic E-state index is 5.73. The van der Waals surface area contributed by atoms with Crippen LogP contribution in [0.3, 0.4) is 0 Å². The minimum atomic E-state index is 0.745. The molecule has 2 aliphatic rings. The SMILES string of the molecule is c1ccc2c(c1)CCN(Cc1occc1CNC1CC1)C2. The number of hydrogen-bond donors (Lipinski definition) is 1. The molecule has 3 heteroatoms. The zero-order chi connectivity index (χ0) is 14.1. The molecule has 0 atom stereocenters. The van der Waals surface area contributed by atoms with Crippen molar-refractivity contribution in [2.24, 2.45) is 0 Å². The van der Waals surface area contributed by atoms with Gasteiger partial charge in [-0.1, -0.05) is 24.3 Å². The fraction of sp³-hybridized carbons (Fsp3) is 0.444. The van der Waals surface area contributed by atoms with Gasteiger partial charge < -0.3 is 9.73 Å². The Morgan fingerprint density at radius 1 is 1.14 bits per heavy atom. The summed E-state index contributed by atoms with van der Waals surface area (Å²) in [5.74, 6) is 1.13. The van der Waals surface area contributed by atoms with Gasteiger partial charge >= 0.3 is 0 Å². The molecule has 0 amide bonds. The van der Waals surface area contributed by atoms with Crippen molar-refractivity contribution >= 4 is 0 Å². The number of benzene rings is 1. The van der Waals surface area contributed by atoms with Crippen LogP contribution in [0.25, 0.3) is 0 Å². The van der Waals surface area contributed by atoms with Gasteiger partial charge in [-0.15, -0.1) is 0 Å². The summed E-state index contributed by atoms with van der Waals surface area (Å²) in [6.07, 6.45) is 5.63. The third-order valence-corrected chi connectivity index (χ3v) is 4.57. The van der Waals surface area contributed by atoms with Crippen LogP contribution in [0.15, 0.2) is 41.0 Å². The second kappa shape index (κ2) is 5.66. The van der Waals surface area contributed by atoms with Gasteiger partial charge in [0.1, 0.15) is 5.76 Å². The van der Waals surface area contributed by atoms with E-state index in [4.69, 9.17) is 4.42 Å². The second-order valence-corrected chi connectivity index (χ2v) is 6.25. The van der Waals surface area contributed by atoms with Crippen LogP contribution in [0, 0.1) is 0 Å². The maximum atomic E-state index is 5.73. The zero-order valence-corrected chi connectivity index (χ0v) is 12.3. The first kappa shape index (κ1) is 13.1. The van der Waals surface area contributed by atoms with E-state index in [0.717, 1.165) is 44.4 Å². The summed E-state index contributed by atoms with van der Waals surface area (Å²) in [6, 6.07) is 11.6. The lowest BCUT2D eigenvalue weighted by Crippen LogP contribution is -2.30. The Morgan fingerprint density at radius 3 is 2.86 bits per heavy atom. The number of hydrogen-bond acceptors (Lipinski definition) is 3. The summed E-state index contributed by atoms with van der Waals surface area (Å²) in [5, 5.41) is 3.57. The van der Waals surface area contributed by atoms with Crippen LogP contribution in [0.1, 0.15) is 35.3 Å². The fourth-order valence-corrected chi connectivity index (χ4v) is 3.10. The molecule has 1 aliphatic heterocycles. The minimum absolute atomic E-state index is 0.745. The van der Waals surface area contributed by atoms with Crippen LogP contribution in [0.2, 0.25) is 0 Å². The van der Waals surface area contributed by atoms with Crippen molar-refractivity contribution < 1.29 is 4.42 Å². The first-order valence-corrected chi connectivity index (χ1v) is 7.96. The van der Waals surface area contributed by atoms with Gasteiger partial charge in [-0.05, 0) is 36.5 Å². The van der Waals surface area contributed by atoms with Crippen molar-refractivity contribution in [1.82, 2.24) is 10.2 Å². The number of rotatable bonds is 5. The maximum Gasteiger partial charge on any atom is 0.122 e. The predicted octanol–water partition coefficient (Wildman–Crippen LogP) is 3.09. The molecule has 1 fully saturated rings. The molecule has 0 spiro atoms. The van der Waals surface area contributed by atoms with Crippen LogP contribution >= 0.6 is 0 Å². The summed E-state index contributed by atoms with van der Waals surface area (Å²) in [6.45, 7) is 4.02. The molecule has 0 unspecified atom stereocenters. The van der Waals surface area contributed by atoms with E-state index in [1.54, 1.807) is 0 Å². The van der Waals surface area contributed by atoms with E-state index in [1.807, 2.05) is 6.26 Å². The highest BCUT2D eigenvalue weighted by Gasteiger charge is 2.22. The molecule has 1 N–H and O–H groups in total. The number of furan rings is 1. The van der Waals surface area contributed by atoms with Crippen LogP contribution in [-0.4, -0.2) is 17.5 Å². The average molecular weight is 282 g/mol. The van der Waals surface area contributed by atoms with Crippen molar-refractivity contribution in [2.75, 3.05) is 6.54 Å². The lowest BCUT2D eigenvalue weighted by molar-refractivity contribution is 0.224. The van der Waals surface area contributed by atoms with Crippen molar-refractivity contribution in [3.63, 3.8) is 0 Å². The van der Waals surface area contributed by atoms with E-state index < -0.39 is 0 Å². The standard InChI is InChI=1S/C18H22N2O/c1-2-4-16-12-20(9-7-14(16)3-1)13-18-15(8-10-21-18)11-19-17-5-6-17/h1-4,8,10,17,19H,5-7,9,11-13H2. The molecule has 2 aromatic rings. The van der Waals surface area contributed by atoms with E-state index in [0.29, 0.717) is 0 Å². The molecule has 110 valence electrons. The van der Waals surface area contributed by atoms with Gasteiger partial charge in [-0.3, -0.25) is 4.90 Å². The Labute approximate surface area is 126 Å². The van der Waals surface area contributed by atoms with Crippen LogP contribution in [0.5, 0.6) is 0 Å². The molecule has 0 saturated heterocycles. The lowest BCUT2D eigenvalue weighted by atomic mass is 10.00. The normalized spacial score (nSPS) is 18.7. The first-order valence-electron chi connectivity index (χ1n) is 7.96. The van der Waals surface area contributed by atoms with Crippen molar-refractivity contribution in [1.29, 1.82) is 0 Å². The molecule has 1 aromatic heterocycles. The molecule has 1 aliphatic carbocycles. The Bertz CT molecular complexity index is 615. The van der Waals surface area contributed by atoms with Crippen molar-refractivity contribution in [2.45, 2.75) is 44.9 Å². The summed E-state index contributed by atoms with van der Waals surface area (Å²) in [5.41, 5.74) is 4.29. The third kappa shape index (κ3) is 3.04. The van der Waals surface area contributed by atoms with Crippen LogP contribution in [-0.2, 0) is 26.1 Å². The highest BCUT2D eigenvalue weighted by Crippen LogP contribution is 2.23. The van der Waals surface area contributed by atoms with E-state index in [1.165, 1.54) is 29.5 Å². The van der Waals surface area contributed by atoms with Gasteiger partial charge in [0.15, 0.2) is 0 Å². The van der Waals surface area contributed by atoms with Crippen molar-refractivity contribution in [3.8, 4) is 0 Å². The molecular weight excluding hydrogens is 260 g/mol. The van der Waals surface area contributed by atoms with E-state index in [9.17, 15) is 0 Å². The van der Waals surface area contributed by atoms with Crippen molar-refractivity contribution in [3.05, 3.63) is 59.0 Å². The molecule has 4 rings (SSSR count). The smallest absolute Gasteiger partial charge is 0.122 e. The van der Waals surface area contributed by atoms with Gasteiger partial charge in [-0.2, -0.15) is 0 Å². The zero-order valence-electron chi connectivity index (χ0n) is 12.3. The monoisotopic (exact) mass is 282 g/mol. The number of fused-ring (bicyclic) bond motifs is 1. The largest absolute Gasteiger partial charge is 0.468 e. The molecule has 0 radical (unpaired) electrons. The van der Waals surface area contributed by atoms with Crippen LogP contribution in [0.4, 0.5) is 0 Å². The third-order valence-electron chi connectivity index (χ3n) is 4.57. The van der Waals surface area contributed by atoms with Gasteiger partial charge in [-0.25, -0.2) is 0 Å². The molecule has 1 saturated carbocycles. The highest BCUT2D eigenvalue weighted by molar-refractivity contribution is 5.29. The van der Waals surface area contributed by atoms with Gasteiger partial charge in [0.05, 0.1) is 12.8 Å². The summed E-state index contributed by atoms with van der Waals surface area (Å²) in [7, 11) is 0. The fourth-order valence-electron chi connectivity index (χ4n) is 3.10. The Kier molecular flexibility index (Phi) is 3.53. The summed E-state index contributed by atoms with van der Waals surface area (Å²) in [4.78, 5) is 2.49. The summed E-state index contributed by atoms with van der Waals surface area (Å²) >= 11 is 0. The van der Waals surface area contributed by atoms with Gasteiger partial charge in [0, 0.05) is 31.2 Å². The second-order valence-electron chi connectivity index (χ2n) is 6.25. The molecule has 3 nitrogen and oxygen atoms in total. The molecule has 1 aromatic carbocycles. The van der Waals surface area contributed by atoms with E-state index in [-0.39, 0.29) is 0 Å². The van der Waals surface area contributed by atoms with E-state index >= 15 is 0 Å². The quantitative estimate of drug-likeness (QED) is 0.913. The molecule has 21 heavy (non-hydrogen) atoms.